The lowest BCUT2D eigenvalue weighted by atomic mass is 10.0. The number of benzene rings is 1. The number of rotatable bonds is 5. The lowest BCUT2D eigenvalue weighted by Crippen LogP contribution is -2.43. The predicted molar refractivity (Wildman–Crippen MR) is 77.8 cm³/mol. The average molecular weight is 284 g/mol. The summed E-state index contributed by atoms with van der Waals surface area (Å²) >= 11 is 5.81. The Bertz CT molecular complexity index is 382. The first-order chi connectivity index (χ1) is 9.15. The van der Waals surface area contributed by atoms with Crippen LogP contribution in [0.1, 0.15) is 26.2 Å². The number of aliphatic hydroxyl groups is 1. The van der Waals surface area contributed by atoms with E-state index in [4.69, 9.17) is 16.3 Å². The third kappa shape index (κ3) is 4.68. The molecule has 1 aromatic rings. The minimum Gasteiger partial charge on any atom is -0.491 e. The molecule has 2 rings (SSSR count). The second-order valence-electron chi connectivity index (χ2n) is 5.26. The van der Waals surface area contributed by atoms with E-state index in [0.29, 0.717) is 24.2 Å². The van der Waals surface area contributed by atoms with Gasteiger partial charge in [-0.25, -0.2) is 0 Å². The monoisotopic (exact) mass is 283 g/mol. The van der Waals surface area contributed by atoms with Crippen LogP contribution in [-0.2, 0) is 0 Å². The highest BCUT2D eigenvalue weighted by molar-refractivity contribution is 6.30. The number of nitrogens with zero attached hydrogens (tertiary/aromatic N) is 1. The van der Waals surface area contributed by atoms with Gasteiger partial charge in [0.1, 0.15) is 18.5 Å². The van der Waals surface area contributed by atoms with E-state index in [1.165, 1.54) is 19.3 Å². The smallest absolute Gasteiger partial charge is 0.119 e. The van der Waals surface area contributed by atoms with E-state index < -0.39 is 6.10 Å². The minimum absolute atomic E-state index is 0.324. The summed E-state index contributed by atoms with van der Waals surface area (Å²) < 4.78 is 5.56. The fourth-order valence-corrected chi connectivity index (χ4v) is 2.60. The Morgan fingerprint density at radius 3 is 2.79 bits per heavy atom. The summed E-state index contributed by atoms with van der Waals surface area (Å²) in [6.07, 6.45) is 3.31. The lowest BCUT2D eigenvalue weighted by Gasteiger charge is -2.34. The third-order valence-corrected chi connectivity index (χ3v) is 3.89. The molecule has 1 aliphatic heterocycles. The molecule has 1 fully saturated rings. The van der Waals surface area contributed by atoms with Crippen molar-refractivity contribution in [3.63, 3.8) is 0 Å². The van der Waals surface area contributed by atoms with E-state index >= 15 is 0 Å². The van der Waals surface area contributed by atoms with E-state index in [9.17, 15) is 5.11 Å². The molecule has 1 saturated heterocycles. The van der Waals surface area contributed by atoms with Crippen LogP contribution in [0.15, 0.2) is 24.3 Å². The molecule has 106 valence electrons. The van der Waals surface area contributed by atoms with Crippen LogP contribution < -0.4 is 4.74 Å². The molecule has 1 N–H and O–H groups in total. The van der Waals surface area contributed by atoms with E-state index in [1.54, 1.807) is 12.1 Å². The van der Waals surface area contributed by atoms with E-state index in [0.717, 1.165) is 12.3 Å². The normalized spacial score (nSPS) is 22.2. The van der Waals surface area contributed by atoms with Crippen LogP contribution in [0.3, 0.4) is 0 Å². The van der Waals surface area contributed by atoms with Gasteiger partial charge in [-0.15, -0.1) is 0 Å². The molecule has 0 unspecified atom stereocenters. The SMILES string of the molecule is C[C@@H]1CCCCN1C[C@@H](O)COc1ccc(Cl)cc1. The first kappa shape index (κ1) is 14.6. The second kappa shape index (κ2) is 7.13. The average Bonchev–Trinajstić information content (AvgIpc) is 2.41. The molecule has 4 heteroatoms. The molecule has 2 atom stereocenters. The number of halogens is 1. The molecule has 1 aliphatic rings. The van der Waals surface area contributed by atoms with Gasteiger partial charge < -0.3 is 9.84 Å². The molecule has 19 heavy (non-hydrogen) atoms. The van der Waals surface area contributed by atoms with Crippen LogP contribution in [0.5, 0.6) is 5.75 Å². The number of hydrogen-bond acceptors (Lipinski definition) is 3. The maximum absolute atomic E-state index is 10.0. The van der Waals surface area contributed by atoms with Crippen LogP contribution >= 0.6 is 11.6 Å². The Kier molecular flexibility index (Phi) is 5.49. The highest BCUT2D eigenvalue weighted by atomic mass is 35.5. The standard InChI is InChI=1S/C15H22ClNO2/c1-12-4-2-3-9-17(12)10-14(18)11-19-15-7-5-13(16)6-8-15/h5-8,12,14,18H,2-4,9-11H2,1H3/t12-,14-/m1/s1. The number of ether oxygens (including phenoxy) is 1. The highest BCUT2D eigenvalue weighted by Crippen LogP contribution is 2.18. The van der Waals surface area contributed by atoms with Crippen molar-refractivity contribution in [2.24, 2.45) is 0 Å². The number of likely N-dealkylation sites (tertiary alicyclic amines) is 1. The van der Waals surface area contributed by atoms with Gasteiger partial charge in [0.15, 0.2) is 0 Å². The van der Waals surface area contributed by atoms with E-state index in [-0.39, 0.29) is 0 Å². The fourth-order valence-electron chi connectivity index (χ4n) is 2.48. The molecule has 0 aromatic heterocycles. The van der Waals surface area contributed by atoms with Crippen molar-refractivity contribution in [1.29, 1.82) is 0 Å². The molecule has 0 spiro atoms. The molecule has 0 amide bonds. The van der Waals surface area contributed by atoms with Gasteiger partial charge >= 0.3 is 0 Å². The summed E-state index contributed by atoms with van der Waals surface area (Å²) in [5, 5.41) is 10.7. The molecule has 0 radical (unpaired) electrons. The first-order valence-corrected chi connectivity index (χ1v) is 7.33. The largest absolute Gasteiger partial charge is 0.491 e. The maximum atomic E-state index is 10.0. The Balaban J connectivity index is 1.74. The molecule has 0 bridgehead atoms. The number of aliphatic hydroxyl groups excluding tert-OH is 1. The molecule has 3 nitrogen and oxygen atoms in total. The van der Waals surface area contributed by atoms with Crippen LogP contribution in [0.4, 0.5) is 0 Å². The zero-order chi connectivity index (χ0) is 13.7. The first-order valence-electron chi connectivity index (χ1n) is 6.95. The quantitative estimate of drug-likeness (QED) is 0.902. The van der Waals surface area contributed by atoms with Crippen molar-refractivity contribution in [3.05, 3.63) is 29.3 Å². The fraction of sp³-hybridized carbons (Fsp3) is 0.600. The van der Waals surface area contributed by atoms with Gasteiger partial charge in [0.05, 0.1) is 0 Å². The summed E-state index contributed by atoms with van der Waals surface area (Å²) in [6, 6.07) is 7.78. The maximum Gasteiger partial charge on any atom is 0.119 e. The van der Waals surface area contributed by atoms with Gasteiger partial charge in [-0.3, -0.25) is 4.90 Å². The van der Waals surface area contributed by atoms with Crippen molar-refractivity contribution in [3.8, 4) is 5.75 Å². The Hall–Kier alpha value is -0.770. The minimum atomic E-state index is -0.448. The number of β-amino-alcohol motifs (C(OH)–C–C–N with tert-alkyl or cyclic N) is 1. The summed E-state index contributed by atoms with van der Waals surface area (Å²) in [5.41, 5.74) is 0. The van der Waals surface area contributed by atoms with E-state index in [1.807, 2.05) is 12.1 Å². The molecule has 0 saturated carbocycles. The van der Waals surface area contributed by atoms with Gasteiger partial charge in [0.2, 0.25) is 0 Å². The summed E-state index contributed by atoms with van der Waals surface area (Å²) in [5.74, 6) is 0.746. The van der Waals surface area contributed by atoms with E-state index in [2.05, 4.69) is 11.8 Å². The highest BCUT2D eigenvalue weighted by Gasteiger charge is 2.20. The number of hydrogen-bond donors (Lipinski definition) is 1. The van der Waals surface area contributed by atoms with Gasteiger partial charge in [0, 0.05) is 17.6 Å². The molecular formula is C15H22ClNO2. The molecule has 1 aromatic carbocycles. The lowest BCUT2D eigenvalue weighted by molar-refractivity contribution is 0.0438. The van der Waals surface area contributed by atoms with Crippen LogP contribution in [-0.4, -0.2) is 41.8 Å². The molecule has 0 aliphatic carbocycles. The topological polar surface area (TPSA) is 32.7 Å². The van der Waals surface area contributed by atoms with Crippen molar-refractivity contribution in [2.45, 2.75) is 38.3 Å². The van der Waals surface area contributed by atoms with Crippen LogP contribution in [0.2, 0.25) is 5.02 Å². The Morgan fingerprint density at radius 2 is 2.11 bits per heavy atom. The summed E-state index contributed by atoms with van der Waals surface area (Å²) in [7, 11) is 0. The summed E-state index contributed by atoms with van der Waals surface area (Å²) in [4.78, 5) is 2.35. The number of piperidine rings is 1. The van der Waals surface area contributed by atoms with Gasteiger partial charge in [-0.2, -0.15) is 0 Å². The zero-order valence-electron chi connectivity index (χ0n) is 11.4. The van der Waals surface area contributed by atoms with Gasteiger partial charge in [-0.1, -0.05) is 18.0 Å². The molecular weight excluding hydrogens is 262 g/mol. The van der Waals surface area contributed by atoms with Crippen LogP contribution in [0.25, 0.3) is 0 Å². The van der Waals surface area contributed by atoms with Gasteiger partial charge in [-0.05, 0) is 50.6 Å². The predicted octanol–water partition coefficient (Wildman–Crippen LogP) is 2.95. The van der Waals surface area contributed by atoms with Crippen molar-refractivity contribution in [1.82, 2.24) is 4.90 Å². The van der Waals surface area contributed by atoms with Crippen molar-refractivity contribution >= 4 is 11.6 Å². The van der Waals surface area contributed by atoms with Crippen molar-refractivity contribution < 1.29 is 9.84 Å². The summed E-state index contributed by atoms with van der Waals surface area (Å²) in [6.45, 7) is 4.32. The second-order valence-corrected chi connectivity index (χ2v) is 5.69. The van der Waals surface area contributed by atoms with Crippen LogP contribution in [0, 0.1) is 0 Å². The zero-order valence-corrected chi connectivity index (χ0v) is 12.1. The Morgan fingerprint density at radius 1 is 1.37 bits per heavy atom. The van der Waals surface area contributed by atoms with Crippen molar-refractivity contribution in [2.75, 3.05) is 19.7 Å². The van der Waals surface area contributed by atoms with Gasteiger partial charge in [0.25, 0.3) is 0 Å². The Labute approximate surface area is 120 Å². The molecule has 1 heterocycles. The third-order valence-electron chi connectivity index (χ3n) is 3.64.